The van der Waals surface area contributed by atoms with Crippen LogP contribution >= 0.6 is 0 Å². The number of rotatable bonds is 2. The Hall–Kier alpha value is -1.79. The third kappa shape index (κ3) is 1.58. The van der Waals surface area contributed by atoms with Gasteiger partial charge in [0.15, 0.2) is 18.1 Å². The van der Waals surface area contributed by atoms with Gasteiger partial charge in [0.25, 0.3) is 0 Å². The number of carbonyl (C=O) groups is 1. The van der Waals surface area contributed by atoms with E-state index in [-0.39, 0.29) is 6.61 Å². The number of methoxy groups -OCH3 is 1. The number of carbonyl (C=O) groups excluding carboxylic acids is 1. The van der Waals surface area contributed by atoms with E-state index in [0.717, 1.165) is 0 Å². The van der Waals surface area contributed by atoms with Crippen molar-refractivity contribution in [2.45, 2.75) is 5.79 Å². The monoisotopic (exact) mass is 224 g/mol. The minimum absolute atomic E-state index is 0.0520. The Morgan fingerprint density at radius 3 is 2.81 bits per heavy atom. The molecule has 0 saturated carbocycles. The van der Waals surface area contributed by atoms with E-state index < -0.39 is 11.7 Å². The van der Waals surface area contributed by atoms with E-state index in [4.69, 9.17) is 20.1 Å². The second-order valence-electron chi connectivity index (χ2n) is 3.27. The second-order valence-corrected chi connectivity index (χ2v) is 3.27. The van der Waals surface area contributed by atoms with Crippen LogP contribution in [0.1, 0.15) is 0 Å². The first-order valence-electron chi connectivity index (χ1n) is 4.69. The van der Waals surface area contributed by atoms with E-state index in [9.17, 15) is 4.79 Å². The van der Waals surface area contributed by atoms with Gasteiger partial charge in [0.05, 0.1) is 0 Å². The molecule has 86 valence electrons. The standard InChI is InChI=1S/C10H12N2O4/c1-14-10(9(13)12-11)6-15-7-4-2-3-5-8(7)16-10/h2-5H,6,11H2,1H3,(H,12,13)/t10-/m1/s1. The molecule has 0 radical (unpaired) electrons. The first-order chi connectivity index (χ1) is 7.72. The molecule has 1 aromatic carbocycles. The molecule has 0 spiro atoms. The molecule has 1 aromatic rings. The molecule has 6 nitrogen and oxygen atoms in total. The van der Waals surface area contributed by atoms with E-state index in [1.807, 2.05) is 11.5 Å². The highest BCUT2D eigenvalue weighted by molar-refractivity contribution is 5.84. The zero-order valence-corrected chi connectivity index (χ0v) is 8.73. The minimum atomic E-state index is -1.52. The van der Waals surface area contributed by atoms with Crippen LogP contribution in [0.4, 0.5) is 0 Å². The lowest BCUT2D eigenvalue weighted by molar-refractivity contribution is -0.202. The molecule has 0 bridgehead atoms. The van der Waals surface area contributed by atoms with Gasteiger partial charge in [-0.3, -0.25) is 10.2 Å². The van der Waals surface area contributed by atoms with Crippen molar-refractivity contribution in [3.63, 3.8) is 0 Å². The molecule has 1 atom stereocenters. The van der Waals surface area contributed by atoms with Gasteiger partial charge in [-0.2, -0.15) is 0 Å². The van der Waals surface area contributed by atoms with Crippen LogP contribution in [0.3, 0.4) is 0 Å². The number of ether oxygens (including phenoxy) is 3. The summed E-state index contributed by atoms with van der Waals surface area (Å²) in [5, 5.41) is 0. The Balaban J connectivity index is 2.32. The van der Waals surface area contributed by atoms with Crippen LogP contribution in [0.25, 0.3) is 0 Å². The maximum Gasteiger partial charge on any atom is 0.327 e. The fraction of sp³-hybridized carbons (Fsp3) is 0.300. The number of benzene rings is 1. The van der Waals surface area contributed by atoms with E-state index in [1.165, 1.54) is 7.11 Å². The zero-order valence-electron chi connectivity index (χ0n) is 8.73. The first kappa shape index (κ1) is 10.7. The smallest absolute Gasteiger partial charge is 0.327 e. The minimum Gasteiger partial charge on any atom is -0.482 e. The van der Waals surface area contributed by atoms with Crippen LogP contribution in [-0.2, 0) is 9.53 Å². The van der Waals surface area contributed by atoms with Crippen molar-refractivity contribution in [2.75, 3.05) is 13.7 Å². The van der Waals surface area contributed by atoms with E-state index in [0.29, 0.717) is 11.5 Å². The summed E-state index contributed by atoms with van der Waals surface area (Å²) in [5.74, 6) is 3.96. The van der Waals surface area contributed by atoms with E-state index >= 15 is 0 Å². The van der Waals surface area contributed by atoms with Crippen LogP contribution in [0.2, 0.25) is 0 Å². The van der Waals surface area contributed by atoms with Crippen LogP contribution in [0.15, 0.2) is 24.3 Å². The molecule has 6 heteroatoms. The summed E-state index contributed by atoms with van der Waals surface area (Å²) in [6, 6.07) is 7.01. The Morgan fingerprint density at radius 1 is 1.50 bits per heavy atom. The molecule has 0 saturated heterocycles. The largest absolute Gasteiger partial charge is 0.482 e. The number of nitrogens with two attached hydrogens (primary N) is 1. The van der Waals surface area contributed by atoms with Gasteiger partial charge in [0.2, 0.25) is 0 Å². The molecule has 1 amide bonds. The van der Waals surface area contributed by atoms with Crippen molar-refractivity contribution >= 4 is 5.91 Å². The average molecular weight is 224 g/mol. The van der Waals surface area contributed by atoms with Gasteiger partial charge in [-0.05, 0) is 12.1 Å². The van der Waals surface area contributed by atoms with Gasteiger partial charge in [-0.25, -0.2) is 5.84 Å². The van der Waals surface area contributed by atoms with Gasteiger partial charge in [0.1, 0.15) is 0 Å². The summed E-state index contributed by atoms with van der Waals surface area (Å²) in [6.45, 7) is -0.0520. The number of hydrogen-bond donors (Lipinski definition) is 2. The highest BCUT2D eigenvalue weighted by Crippen LogP contribution is 2.35. The van der Waals surface area contributed by atoms with Crippen LogP contribution in [-0.4, -0.2) is 25.4 Å². The quantitative estimate of drug-likeness (QED) is 0.412. The molecule has 0 fully saturated rings. The predicted octanol–water partition coefficient (Wildman–Crippen LogP) is -0.210. The lowest BCUT2D eigenvalue weighted by atomic mass is 10.2. The van der Waals surface area contributed by atoms with Crippen molar-refractivity contribution < 1.29 is 19.0 Å². The molecule has 1 aliphatic rings. The summed E-state index contributed by atoms with van der Waals surface area (Å²) >= 11 is 0. The SMILES string of the molecule is CO[C@]1(C(=O)NN)COc2ccccc2O1. The molecule has 1 heterocycles. The molecule has 0 aromatic heterocycles. The van der Waals surface area contributed by atoms with Gasteiger partial charge in [0, 0.05) is 7.11 Å². The number of nitrogens with one attached hydrogen (secondary N) is 1. The highest BCUT2D eigenvalue weighted by Gasteiger charge is 2.45. The van der Waals surface area contributed by atoms with Gasteiger partial charge in [-0.15, -0.1) is 0 Å². The molecule has 16 heavy (non-hydrogen) atoms. The normalized spacial score (nSPS) is 22.6. The lowest BCUT2D eigenvalue weighted by Crippen LogP contribution is -2.59. The van der Waals surface area contributed by atoms with Crippen LogP contribution < -0.4 is 20.7 Å². The molecule has 2 rings (SSSR count). The first-order valence-corrected chi connectivity index (χ1v) is 4.69. The summed E-state index contributed by atoms with van der Waals surface area (Å²) < 4.78 is 15.9. The predicted molar refractivity (Wildman–Crippen MR) is 54.6 cm³/mol. The van der Waals surface area contributed by atoms with Gasteiger partial charge >= 0.3 is 11.7 Å². The van der Waals surface area contributed by atoms with E-state index in [1.54, 1.807) is 18.2 Å². The summed E-state index contributed by atoms with van der Waals surface area (Å²) in [7, 11) is 1.35. The number of hydrogen-bond acceptors (Lipinski definition) is 5. The number of fused-ring (bicyclic) bond motifs is 1. The Bertz CT molecular complexity index is 410. The van der Waals surface area contributed by atoms with Crippen LogP contribution in [0, 0.1) is 0 Å². The van der Waals surface area contributed by atoms with Crippen molar-refractivity contribution in [2.24, 2.45) is 5.84 Å². The van der Waals surface area contributed by atoms with Gasteiger partial charge in [-0.1, -0.05) is 12.1 Å². The fourth-order valence-corrected chi connectivity index (χ4v) is 1.45. The van der Waals surface area contributed by atoms with Crippen molar-refractivity contribution in [3.05, 3.63) is 24.3 Å². The molecular weight excluding hydrogens is 212 g/mol. The molecule has 3 N–H and O–H groups in total. The maximum absolute atomic E-state index is 11.6. The van der Waals surface area contributed by atoms with Crippen molar-refractivity contribution in [1.82, 2.24) is 5.43 Å². The lowest BCUT2D eigenvalue weighted by Gasteiger charge is -2.34. The Morgan fingerprint density at radius 2 is 2.19 bits per heavy atom. The van der Waals surface area contributed by atoms with E-state index in [2.05, 4.69) is 0 Å². The molecule has 1 aliphatic heterocycles. The van der Waals surface area contributed by atoms with Crippen molar-refractivity contribution in [1.29, 1.82) is 0 Å². The number of hydrazine groups is 1. The Kier molecular flexibility index (Phi) is 2.67. The summed E-state index contributed by atoms with van der Waals surface area (Å²) in [6.07, 6.45) is 0. The molecule has 0 aliphatic carbocycles. The number of amides is 1. The summed E-state index contributed by atoms with van der Waals surface area (Å²) in [4.78, 5) is 11.6. The van der Waals surface area contributed by atoms with Crippen molar-refractivity contribution in [3.8, 4) is 11.5 Å². The maximum atomic E-state index is 11.6. The molecular formula is C10H12N2O4. The second kappa shape index (κ2) is 3.99. The Labute approximate surface area is 92.2 Å². The number of para-hydroxylation sites is 2. The summed E-state index contributed by atoms with van der Waals surface area (Å²) in [5.41, 5.74) is 1.99. The fourth-order valence-electron chi connectivity index (χ4n) is 1.45. The molecule has 0 unspecified atom stereocenters. The zero-order chi connectivity index (χ0) is 11.6. The van der Waals surface area contributed by atoms with Crippen LogP contribution in [0.5, 0.6) is 11.5 Å². The average Bonchev–Trinajstić information content (AvgIpc) is 2.37. The highest BCUT2D eigenvalue weighted by atomic mass is 16.7. The third-order valence-electron chi connectivity index (χ3n) is 2.35. The third-order valence-corrected chi connectivity index (χ3v) is 2.35. The topological polar surface area (TPSA) is 82.8 Å². The van der Waals surface area contributed by atoms with Gasteiger partial charge < -0.3 is 14.2 Å².